The third-order valence-corrected chi connectivity index (χ3v) is 3.66. The van der Waals surface area contributed by atoms with Crippen LogP contribution in [0.5, 0.6) is 0 Å². The van der Waals surface area contributed by atoms with Crippen molar-refractivity contribution >= 4 is 17.5 Å². The first kappa shape index (κ1) is 12.8. The van der Waals surface area contributed by atoms with Crippen LogP contribution >= 0.6 is 0 Å². The summed E-state index contributed by atoms with van der Waals surface area (Å²) in [4.78, 5) is 3.98. The van der Waals surface area contributed by atoms with Gasteiger partial charge in [-0.25, -0.2) is 9.38 Å². The van der Waals surface area contributed by atoms with Gasteiger partial charge in [0.15, 0.2) is 0 Å². The molecule has 0 saturated heterocycles. The van der Waals surface area contributed by atoms with E-state index in [9.17, 15) is 9.50 Å². The maximum Gasteiger partial charge on any atom is 0.123 e. The van der Waals surface area contributed by atoms with Crippen molar-refractivity contribution in [1.82, 2.24) is 5.32 Å². The molecule has 0 amide bonds. The topological polar surface area (TPSA) is 44.6 Å². The van der Waals surface area contributed by atoms with E-state index in [1.807, 2.05) is 13.0 Å². The molecule has 1 heterocycles. The van der Waals surface area contributed by atoms with Gasteiger partial charge in [0, 0.05) is 24.1 Å². The molecule has 0 saturated carbocycles. The molecule has 1 aromatic carbocycles. The zero-order valence-electron chi connectivity index (χ0n) is 11.2. The van der Waals surface area contributed by atoms with E-state index in [0.29, 0.717) is 6.42 Å². The minimum atomic E-state index is -0.257. The minimum Gasteiger partial charge on any atom is -0.396 e. The lowest BCUT2D eigenvalue weighted by Crippen LogP contribution is -2.13. The fourth-order valence-electron chi connectivity index (χ4n) is 2.79. The highest BCUT2D eigenvalue weighted by molar-refractivity contribution is 6.01. The molecule has 3 nitrogen and oxygen atoms in total. The molecular formula is C16H15FN2O. The fourth-order valence-corrected chi connectivity index (χ4v) is 2.79. The zero-order chi connectivity index (χ0) is 14.1. The van der Waals surface area contributed by atoms with Crippen molar-refractivity contribution in [3.05, 3.63) is 58.7 Å². The van der Waals surface area contributed by atoms with Gasteiger partial charge >= 0.3 is 0 Å². The molecular weight excluding hydrogens is 255 g/mol. The number of aliphatic imine (C=N–C) groups is 1. The Kier molecular flexibility index (Phi) is 3.24. The van der Waals surface area contributed by atoms with Crippen molar-refractivity contribution < 1.29 is 9.50 Å². The van der Waals surface area contributed by atoms with Gasteiger partial charge in [0.1, 0.15) is 5.82 Å². The van der Waals surface area contributed by atoms with E-state index in [-0.39, 0.29) is 12.4 Å². The second-order valence-electron chi connectivity index (χ2n) is 4.79. The van der Waals surface area contributed by atoms with Crippen LogP contribution in [0.2, 0.25) is 0 Å². The van der Waals surface area contributed by atoms with Gasteiger partial charge in [-0.05, 0) is 53.8 Å². The van der Waals surface area contributed by atoms with Gasteiger partial charge in [-0.2, -0.15) is 0 Å². The molecule has 0 fully saturated rings. The average molecular weight is 270 g/mol. The van der Waals surface area contributed by atoms with Crippen LogP contribution < -0.4 is 5.32 Å². The highest BCUT2D eigenvalue weighted by Gasteiger charge is 2.26. The maximum atomic E-state index is 13.5. The Morgan fingerprint density at radius 3 is 2.85 bits per heavy atom. The van der Waals surface area contributed by atoms with Crippen LogP contribution in [0.4, 0.5) is 4.39 Å². The highest BCUT2D eigenvalue weighted by Crippen LogP contribution is 2.44. The number of nitrogens with zero attached hydrogens (tertiary/aromatic N) is 1. The second-order valence-corrected chi connectivity index (χ2v) is 4.79. The second kappa shape index (κ2) is 5.06. The summed E-state index contributed by atoms with van der Waals surface area (Å²) in [6.07, 6.45) is 5.77. The van der Waals surface area contributed by atoms with Gasteiger partial charge in [-0.1, -0.05) is 6.07 Å². The van der Waals surface area contributed by atoms with Crippen molar-refractivity contribution in [3.8, 4) is 0 Å². The Bertz CT molecular complexity index is 684. The third kappa shape index (κ3) is 1.98. The Balaban J connectivity index is 2.22. The van der Waals surface area contributed by atoms with E-state index in [2.05, 4.69) is 10.3 Å². The molecule has 1 aliphatic heterocycles. The van der Waals surface area contributed by atoms with Gasteiger partial charge in [0.25, 0.3) is 0 Å². The van der Waals surface area contributed by atoms with Crippen molar-refractivity contribution in [2.24, 2.45) is 4.99 Å². The molecule has 0 aromatic heterocycles. The molecule has 2 N–H and O–H groups in total. The van der Waals surface area contributed by atoms with Crippen molar-refractivity contribution in [2.45, 2.75) is 13.3 Å². The zero-order valence-corrected chi connectivity index (χ0v) is 11.2. The molecule has 3 rings (SSSR count). The summed E-state index contributed by atoms with van der Waals surface area (Å²) in [5.41, 5.74) is 5.93. The molecule has 0 unspecified atom stereocenters. The van der Waals surface area contributed by atoms with Gasteiger partial charge in [0.2, 0.25) is 0 Å². The van der Waals surface area contributed by atoms with E-state index in [1.54, 1.807) is 18.6 Å². The molecule has 0 atom stereocenters. The van der Waals surface area contributed by atoms with Crippen molar-refractivity contribution in [1.29, 1.82) is 0 Å². The predicted molar refractivity (Wildman–Crippen MR) is 78.4 cm³/mol. The maximum absolute atomic E-state index is 13.5. The SMILES string of the molecule is CC1=C(CCO)c2cc(F)ccc2/C1=C1/C=CN=CN1. The molecule has 4 heteroatoms. The van der Waals surface area contributed by atoms with Gasteiger partial charge in [-0.15, -0.1) is 0 Å². The number of fused-ring (bicyclic) bond motifs is 1. The number of aliphatic hydroxyl groups is 1. The van der Waals surface area contributed by atoms with Crippen molar-refractivity contribution in [2.75, 3.05) is 6.61 Å². The van der Waals surface area contributed by atoms with E-state index >= 15 is 0 Å². The molecule has 102 valence electrons. The number of hydrogen-bond donors (Lipinski definition) is 2. The molecule has 2 aliphatic rings. The summed E-state index contributed by atoms with van der Waals surface area (Å²) < 4.78 is 13.5. The summed E-state index contributed by atoms with van der Waals surface area (Å²) in [6.45, 7) is 2.06. The summed E-state index contributed by atoms with van der Waals surface area (Å²) in [6, 6.07) is 4.80. The number of hydrogen-bond acceptors (Lipinski definition) is 3. The summed E-state index contributed by atoms with van der Waals surface area (Å²) in [7, 11) is 0. The standard InChI is InChI=1S/C16H15FN2O/c1-10-12(5-7-20)14-8-11(17)2-3-13(14)16(10)15-4-6-18-9-19-15/h2-4,6,8-9,20H,5,7H2,1H3,(H,18,19)/b16-15-. The molecule has 1 aliphatic carbocycles. The average Bonchev–Trinajstić information content (AvgIpc) is 2.73. The first-order valence-corrected chi connectivity index (χ1v) is 6.52. The number of aliphatic hydroxyl groups excluding tert-OH is 1. The highest BCUT2D eigenvalue weighted by atomic mass is 19.1. The largest absolute Gasteiger partial charge is 0.396 e. The van der Waals surface area contributed by atoms with E-state index in [0.717, 1.165) is 33.5 Å². The fraction of sp³-hybridized carbons (Fsp3) is 0.188. The summed E-state index contributed by atoms with van der Waals surface area (Å²) in [5, 5.41) is 12.4. The first-order valence-electron chi connectivity index (χ1n) is 6.52. The normalized spacial score (nSPS) is 20.4. The Morgan fingerprint density at radius 2 is 2.15 bits per heavy atom. The summed E-state index contributed by atoms with van der Waals surface area (Å²) in [5.74, 6) is -0.257. The monoisotopic (exact) mass is 270 g/mol. The van der Waals surface area contributed by atoms with Crippen molar-refractivity contribution in [3.63, 3.8) is 0 Å². The molecule has 0 radical (unpaired) electrons. The smallest absolute Gasteiger partial charge is 0.123 e. The number of halogens is 1. The lowest BCUT2D eigenvalue weighted by molar-refractivity contribution is 0.305. The van der Waals surface area contributed by atoms with Crippen LogP contribution in [-0.2, 0) is 0 Å². The quantitative estimate of drug-likeness (QED) is 0.868. The molecule has 1 aromatic rings. The number of rotatable bonds is 2. The van der Waals surface area contributed by atoms with Gasteiger partial charge in [-0.3, -0.25) is 0 Å². The van der Waals surface area contributed by atoms with E-state index in [4.69, 9.17) is 0 Å². The molecule has 20 heavy (non-hydrogen) atoms. The summed E-state index contributed by atoms with van der Waals surface area (Å²) >= 11 is 0. The van der Waals surface area contributed by atoms with E-state index in [1.165, 1.54) is 12.1 Å². The minimum absolute atomic E-state index is 0.0516. The number of nitrogens with one attached hydrogen (secondary N) is 1. The molecule has 0 bridgehead atoms. The first-order chi connectivity index (χ1) is 9.72. The predicted octanol–water partition coefficient (Wildman–Crippen LogP) is 2.85. The van der Waals surface area contributed by atoms with Crippen LogP contribution in [0.3, 0.4) is 0 Å². The lowest BCUT2D eigenvalue weighted by Gasteiger charge is -2.12. The van der Waals surface area contributed by atoms with Crippen LogP contribution in [0.25, 0.3) is 11.1 Å². The van der Waals surface area contributed by atoms with Crippen LogP contribution in [0.15, 0.2) is 46.7 Å². The number of allylic oxidation sites excluding steroid dienone is 3. The van der Waals surface area contributed by atoms with Crippen LogP contribution in [0.1, 0.15) is 24.5 Å². The van der Waals surface area contributed by atoms with Crippen LogP contribution in [0, 0.1) is 5.82 Å². The van der Waals surface area contributed by atoms with E-state index < -0.39 is 0 Å². The Labute approximate surface area is 116 Å². The van der Waals surface area contributed by atoms with Gasteiger partial charge < -0.3 is 10.4 Å². The lowest BCUT2D eigenvalue weighted by atomic mass is 10.0. The third-order valence-electron chi connectivity index (χ3n) is 3.66. The Hall–Kier alpha value is -2.20. The Morgan fingerprint density at radius 1 is 1.30 bits per heavy atom. The number of benzene rings is 1. The molecule has 0 spiro atoms. The van der Waals surface area contributed by atoms with Gasteiger partial charge in [0.05, 0.1) is 6.34 Å². The van der Waals surface area contributed by atoms with Crippen LogP contribution in [-0.4, -0.2) is 18.1 Å².